The van der Waals surface area contributed by atoms with Crippen LogP contribution < -0.4 is 4.74 Å². The fourth-order valence-electron chi connectivity index (χ4n) is 1.74. The molecule has 3 nitrogen and oxygen atoms in total. The first kappa shape index (κ1) is 15.0. The molecule has 2 rings (SSSR count). The van der Waals surface area contributed by atoms with Gasteiger partial charge in [-0.15, -0.1) is 0 Å². The summed E-state index contributed by atoms with van der Waals surface area (Å²) in [5, 5.41) is 0. The summed E-state index contributed by atoms with van der Waals surface area (Å²) in [5.41, 5.74) is 1.66. The molecule has 0 saturated carbocycles. The molecule has 0 fully saturated rings. The van der Waals surface area contributed by atoms with Gasteiger partial charge in [-0.2, -0.15) is 0 Å². The fraction of sp³-hybridized carbons (Fsp3) is 0.188. The molecule has 0 N–H and O–H groups in total. The van der Waals surface area contributed by atoms with Crippen molar-refractivity contribution in [2.24, 2.45) is 0 Å². The molecule has 20 heavy (non-hydrogen) atoms. The third-order valence-electron chi connectivity index (χ3n) is 2.80. The topological polar surface area (TPSA) is 35.5 Å². The Morgan fingerprint density at radius 1 is 1.15 bits per heavy atom. The molecule has 0 aliphatic rings. The van der Waals surface area contributed by atoms with Gasteiger partial charge in [-0.1, -0.05) is 24.3 Å². The van der Waals surface area contributed by atoms with Gasteiger partial charge in [0.15, 0.2) is 5.78 Å². The van der Waals surface area contributed by atoms with Gasteiger partial charge >= 0.3 is 0 Å². The van der Waals surface area contributed by atoms with Crippen molar-refractivity contribution in [3.05, 3.63) is 63.2 Å². The number of hydrogen-bond donors (Lipinski definition) is 0. The third kappa shape index (κ3) is 4.31. The molecule has 2 aromatic rings. The molecule has 0 aliphatic carbocycles. The van der Waals surface area contributed by atoms with Crippen LogP contribution in [0.25, 0.3) is 0 Å². The quantitative estimate of drug-likeness (QED) is 0.565. The molecule has 0 atom stereocenters. The van der Waals surface area contributed by atoms with Crippen LogP contribution in [-0.2, 0) is 11.3 Å². The van der Waals surface area contributed by atoms with Crippen molar-refractivity contribution >= 4 is 28.4 Å². The molecule has 0 bridgehead atoms. The predicted molar refractivity (Wildman–Crippen MR) is 86.1 cm³/mol. The molecular formula is C16H15IO3. The van der Waals surface area contributed by atoms with Gasteiger partial charge in [0.2, 0.25) is 0 Å². The van der Waals surface area contributed by atoms with Gasteiger partial charge < -0.3 is 9.47 Å². The van der Waals surface area contributed by atoms with Crippen molar-refractivity contribution in [1.82, 2.24) is 0 Å². The molecule has 0 unspecified atom stereocenters. The first-order valence-electron chi connectivity index (χ1n) is 6.18. The van der Waals surface area contributed by atoms with Gasteiger partial charge in [0.1, 0.15) is 12.4 Å². The average molecular weight is 382 g/mol. The van der Waals surface area contributed by atoms with Crippen LogP contribution in [-0.4, -0.2) is 19.5 Å². The Hall–Kier alpha value is -1.40. The van der Waals surface area contributed by atoms with Crippen LogP contribution >= 0.6 is 22.6 Å². The normalized spacial score (nSPS) is 10.3. The van der Waals surface area contributed by atoms with Crippen LogP contribution in [0.2, 0.25) is 0 Å². The van der Waals surface area contributed by atoms with E-state index in [1.54, 1.807) is 7.11 Å². The van der Waals surface area contributed by atoms with Gasteiger partial charge in [-0.05, 0) is 52.4 Å². The van der Waals surface area contributed by atoms with Crippen LogP contribution in [0.1, 0.15) is 15.9 Å². The molecule has 0 amide bonds. The van der Waals surface area contributed by atoms with E-state index in [1.165, 1.54) is 0 Å². The van der Waals surface area contributed by atoms with E-state index < -0.39 is 0 Å². The zero-order valence-corrected chi connectivity index (χ0v) is 13.3. The minimum absolute atomic E-state index is 0.00991. The SMILES string of the molecule is COc1cccc(COCC(=O)c2ccc(I)cc2)c1. The summed E-state index contributed by atoms with van der Waals surface area (Å²) in [6, 6.07) is 15.1. The van der Waals surface area contributed by atoms with Gasteiger partial charge in [0.25, 0.3) is 0 Å². The van der Waals surface area contributed by atoms with Crippen LogP contribution in [0.3, 0.4) is 0 Å². The summed E-state index contributed by atoms with van der Waals surface area (Å²) in [6.07, 6.45) is 0. The highest BCUT2D eigenvalue weighted by Gasteiger charge is 2.06. The van der Waals surface area contributed by atoms with Crippen LogP contribution in [0.5, 0.6) is 5.75 Å². The second kappa shape index (κ2) is 7.40. The number of ketones is 1. The number of benzene rings is 2. The number of carbonyl (C=O) groups is 1. The van der Waals surface area contributed by atoms with Gasteiger partial charge in [-0.3, -0.25) is 4.79 Å². The average Bonchev–Trinajstić information content (AvgIpc) is 2.48. The second-order valence-corrected chi connectivity index (χ2v) is 5.52. The van der Waals surface area contributed by atoms with E-state index in [1.807, 2.05) is 48.5 Å². The highest BCUT2D eigenvalue weighted by molar-refractivity contribution is 14.1. The number of Topliss-reactive ketones (excluding diaryl/α,β-unsaturated/α-hetero) is 1. The van der Waals surface area contributed by atoms with Crippen molar-refractivity contribution in [1.29, 1.82) is 0 Å². The molecule has 0 aromatic heterocycles. The Bertz CT molecular complexity index is 579. The van der Waals surface area contributed by atoms with E-state index in [0.717, 1.165) is 14.9 Å². The lowest BCUT2D eigenvalue weighted by Gasteiger charge is -2.06. The largest absolute Gasteiger partial charge is 0.497 e. The predicted octanol–water partition coefficient (Wildman–Crippen LogP) is 3.70. The summed E-state index contributed by atoms with van der Waals surface area (Å²) >= 11 is 2.21. The van der Waals surface area contributed by atoms with E-state index in [4.69, 9.17) is 9.47 Å². The standard InChI is InChI=1S/C16H15IO3/c1-19-15-4-2-3-12(9-15)10-20-11-16(18)13-5-7-14(17)8-6-13/h2-9H,10-11H2,1H3. The van der Waals surface area contributed by atoms with Crippen molar-refractivity contribution in [3.8, 4) is 5.75 Å². The van der Waals surface area contributed by atoms with Crippen molar-refractivity contribution < 1.29 is 14.3 Å². The zero-order chi connectivity index (χ0) is 14.4. The molecule has 0 saturated heterocycles. The maximum Gasteiger partial charge on any atom is 0.188 e. The molecule has 0 radical (unpaired) electrons. The van der Waals surface area contributed by atoms with E-state index in [0.29, 0.717) is 12.2 Å². The minimum Gasteiger partial charge on any atom is -0.497 e. The Morgan fingerprint density at radius 2 is 1.90 bits per heavy atom. The zero-order valence-electron chi connectivity index (χ0n) is 11.1. The first-order chi connectivity index (χ1) is 9.69. The maximum atomic E-state index is 11.9. The summed E-state index contributed by atoms with van der Waals surface area (Å²) in [5.74, 6) is 0.777. The smallest absolute Gasteiger partial charge is 0.188 e. The van der Waals surface area contributed by atoms with Gasteiger partial charge in [-0.25, -0.2) is 0 Å². The molecule has 4 heteroatoms. The monoisotopic (exact) mass is 382 g/mol. The second-order valence-electron chi connectivity index (χ2n) is 4.27. The number of rotatable bonds is 6. The Labute approximate surface area is 132 Å². The first-order valence-corrected chi connectivity index (χ1v) is 7.26. The number of halogens is 1. The van der Waals surface area contributed by atoms with Crippen LogP contribution in [0.15, 0.2) is 48.5 Å². The van der Waals surface area contributed by atoms with Gasteiger partial charge in [0.05, 0.1) is 13.7 Å². The molecule has 0 heterocycles. The Kier molecular flexibility index (Phi) is 5.55. The summed E-state index contributed by atoms with van der Waals surface area (Å²) in [7, 11) is 1.63. The number of carbonyl (C=O) groups excluding carboxylic acids is 1. The van der Waals surface area contributed by atoms with Crippen molar-refractivity contribution in [2.45, 2.75) is 6.61 Å². The highest BCUT2D eigenvalue weighted by Crippen LogP contribution is 2.13. The van der Waals surface area contributed by atoms with E-state index in [2.05, 4.69) is 22.6 Å². The molecule has 2 aromatic carbocycles. The van der Waals surface area contributed by atoms with E-state index >= 15 is 0 Å². The van der Waals surface area contributed by atoms with Crippen LogP contribution in [0, 0.1) is 3.57 Å². The summed E-state index contributed by atoms with van der Waals surface area (Å²) in [6.45, 7) is 0.477. The Morgan fingerprint density at radius 3 is 2.60 bits per heavy atom. The summed E-state index contributed by atoms with van der Waals surface area (Å²) in [4.78, 5) is 11.9. The van der Waals surface area contributed by atoms with E-state index in [9.17, 15) is 4.79 Å². The Balaban J connectivity index is 1.86. The van der Waals surface area contributed by atoms with Crippen molar-refractivity contribution in [2.75, 3.05) is 13.7 Å². The summed E-state index contributed by atoms with van der Waals surface area (Å²) < 4.78 is 11.7. The fourth-order valence-corrected chi connectivity index (χ4v) is 2.10. The molecule has 0 aliphatic heterocycles. The third-order valence-corrected chi connectivity index (χ3v) is 3.52. The number of ether oxygens (including phenoxy) is 2. The van der Waals surface area contributed by atoms with Gasteiger partial charge in [0, 0.05) is 9.13 Å². The lowest BCUT2D eigenvalue weighted by atomic mass is 10.1. The molecule has 104 valence electrons. The molecule has 0 spiro atoms. The maximum absolute atomic E-state index is 11.9. The lowest BCUT2D eigenvalue weighted by molar-refractivity contribution is 0.0726. The minimum atomic E-state index is -0.00991. The van der Waals surface area contributed by atoms with E-state index in [-0.39, 0.29) is 12.4 Å². The lowest BCUT2D eigenvalue weighted by Crippen LogP contribution is -2.09. The van der Waals surface area contributed by atoms with Crippen molar-refractivity contribution in [3.63, 3.8) is 0 Å². The van der Waals surface area contributed by atoms with Crippen LogP contribution in [0.4, 0.5) is 0 Å². The molecular weight excluding hydrogens is 367 g/mol. The number of methoxy groups -OCH3 is 1. The highest BCUT2D eigenvalue weighted by atomic mass is 127. The number of hydrogen-bond acceptors (Lipinski definition) is 3.